The van der Waals surface area contributed by atoms with Gasteiger partial charge < -0.3 is 10.7 Å². The molecule has 0 saturated heterocycles. The van der Waals surface area contributed by atoms with E-state index in [4.69, 9.17) is 5.73 Å². The molecule has 4 aromatic rings. The molecule has 4 rings (SSSR count). The molecule has 27 heavy (non-hydrogen) atoms. The van der Waals surface area contributed by atoms with E-state index in [1.165, 1.54) is 4.57 Å². The third-order valence-corrected chi connectivity index (χ3v) is 4.53. The maximum absolute atomic E-state index is 12.7. The lowest BCUT2D eigenvalue weighted by Gasteiger charge is -2.15. The molecule has 0 aliphatic carbocycles. The number of carbonyl (C=O) groups excluding carboxylic acids is 2. The van der Waals surface area contributed by atoms with Crippen LogP contribution in [0.5, 0.6) is 0 Å². The molecule has 1 aromatic carbocycles. The number of primary amides is 1. The van der Waals surface area contributed by atoms with Gasteiger partial charge in [0.25, 0.3) is 0 Å². The van der Waals surface area contributed by atoms with Crippen LogP contribution in [-0.4, -0.2) is 31.3 Å². The van der Waals surface area contributed by atoms with Gasteiger partial charge >= 0.3 is 6.03 Å². The third kappa shape index (κ3) is 2.77. The fourth-order valence-electron chi connectivity index (χ4n) is 3.09. The molecule has 3 aromatic heterocycles. The van der Waals surface area contributed by atoms with Gasteiger partial charge in [-0.25, -0.2) is 14.8 Å². The molecule has 0 saturated carbocycles. The maximum atomic E-state index is 12.7. The zero-order valence-corrected chi connectivity index (χ0v) is 15.3. The predicted octanol–water partition coefficient (Wildman–Crippen LogP) is 3.74. The molecule has 0 aliphatic rings. The van der Waals surface area contributed by atoms with Gasteiger partial charge in [-0.15, -0.1) is 0 Å². The van der Waals surface area contributed by atoms with Crippen LogP contribution in [0.15, 0.2) is 42.9 Å². The first-order valence-corrected chi connectivity index (χ1v) is 8.56. The normalized spacial score (nSPS) is 12.0. The largest absolute Gasteiger partial charge is 0.351 e. The van der Waals surface area contributed by atoms with Crippen molar-refractivity contribution in [1.29, 1.82) is 0 Å². The van der Waals surface area contributed by atoms with Gasteiger partial charge in [0.05, 0.1) is 23.0 Å². The quantitative estimate of drug-likeness (QED) is 0.530. The number of fused-ring (bicyclic) bond motifs is 2. The summed E-state index contributed by atoms with van der Waals surface area (Å²) in [5.41, 5.74) is 8.62. The van der Waals surface area contributed by atoms with Crippen molar-refractivity contribution in [1.82, 2.24) is 19.5 Å². The van der Waals surface area contributed by atoms with Crippen LogP contribution in [0.1, 0.15) is 31.1 Å². The Balaban J connectivity index is 1.87. The molecule has 136 valence electrons. The summed E-state index contributed by atoms with van der Waals surface area (Å²) in [6.45, 7) is 5.62. The van der Waals surface area contributed by atoms with E-state index in [1.807, 2.05) is 45.0 Å². The molecule has 3 heterocycles. The van der Waals surface area contributed by atoms with Gasteiger partial charge in [0.2, 0.25) is 0 Å². The van der Waals surface area contributed by atoms with Gasteiger partial charge in [0.1, 0.15) is 5.52 Å². The van der Waals surface area contributed by atoms with Crippen LogP contribution in [0, 0.1) is 5.41 Å². The third-order valence-electron chi connectivity index (χ3n) is 4.53. The number of hydrogen-bond donors (Lipinski definition) is 2. The summed E-state index contributed by atoms with van der Waals surface area (Å²) < 4.78 is 1.38. The van der Waals surface area contributed by atoms with Gasteiger partial charge in [0.15, 0.2) is 11.4 Å². The number of rotatable bonds is 2. The maximum Gasteiger partial charge on any atom is 0.323 e. The molecule has 0 fully saturated rings. The first kappa shape index (κ1) is 17.0. The van der Waals surface area contributed by atoms with E-state index in [0.717, 1.165) is 10.9 Å². The molecule has 0 unspecified atom stereocenters. The highest BCUT2D eigenvalue weighted by molar-refractivity contribution is 6.08. The number of benzene rings is 1. The van der Waals surface area contributed by atoms with Crippen LogP contribution < -0.4 is 5.73 Å². The highest BCUT2D eigenvalue weighted by Crippen LogP contribution is 2.28. The minimum absolute atomic E-state index is 0.00161. The Bertz CT molecular complexity index is 1210. The zero-order chi connectivity index (χ0) is 19.3. The highest BCUT2D eigenvalue weighted by Gasteiger charge is 2.26. The van der Waals surface area contributed by atoms with E-state index in [0.29, 0.717) is 27.9 Å². The summed E-state index contributed by atoms with van der Waals surface area (Å²) in [5, 5.41) is 0.900. The van der Waals surface area contributed by atoms with E-state index in [9.17, 15) is 9.59 Å². The van der Waals surface area contributed by atoms with E-state index >= 15 is 0 Å². The molecule has 3 N–H and O–H groups in total. The molecule has 7 heteroatoms. The average Bonchev–Trinajstić information content (AvgIpc) is 3.23. The van der Waals surface area contributed by atoms with E-state index in [-0.39, 0.29) is 5.78 Å². The van der Waals surface area contributed by atoms with Crippen molar-refractivity contribution in [3.05, 3.63) is 48.4 Å². The summed E-state index contributed by atoms with van der Waals surface area (Å²) in [7, 11) is 0. The molecule has 1 amide bonds. The second-order valence-electron chi connectivity index (χ2n) is 7.53. The van der Waals surface area contributed by atoms with E-state index < -0.39 is 11.4 Å². The number of hydrogen-bond acceptors (Lipinski definition) is 4. The number of H-pyrrole nitrogens is 1. The van der Waals surface area contributed by atoms with Crippen molar-refractivity contribution in [2.24, 2.45) is 11.1 Å². The Morgan fingerprint density at radius 2 is 1.96 bits per heavy atom. The second kappa shape index (κ2) is 5.77. The Kier molecular flexibility index (Phi) is 3.62. The number of Topliss-reactive ketones (excluding diaryl/α,β-unsaturated/α-hetero) is 1. The minimum Gasteiger partial charge on any atom is -0.351 e. The monoisotopic (exact) mass is 361 g/mol. The molecule has 0 aliphatic heterocycles. The van der Waals surface area contributed by atoms with Crippen LogP contribution >= 0.6 is 0 Å². The molecule has 0 radical (unpaired) electrons. The molecule has 0 atom stereocenters. The minimum atomic E-state index is -0.549. The van der Waals surface area contributed by atoms with Crippen molar-refractivity contribution < 1.29 is 9.59 Å². The van der Waals surface area contributed by atoms with E-state index in [2.05, 4.69) is 15.0 Å². The van der Waals surface area contributed by atoms with Gasteiger partial charge in [0, 0.05) is 28.8 Å². The van der Waals surface area contributed by atoms with E-state index in [1.54, 1.807) is 18.6 Å². The Morgan fingerprint density at radius 1 is 1.19 bits per heavy atom. The van der Waals surface area contributed by atoms with Crippen molar-refractivity contribution in [2.75, 3.05) is 0 Å². The lowest BCUT2D eigenvalue weighted by Crippen LogP contribution is -2.20. The van der Waals surface area contributed by atoms with Crippen LogP contribution in [0.4, 0.5) is 4.79 Å². The van der Waals surface area contributed by atoms with Gasteiger partial charge in [-0.05, 0) is 12.1 Å². The van der Waals surface area contributed by atoms with Crippen LogP contribution in [0.3, 0.4) is 0 Å². The molecular weight excluding hydrogens is 342 g/mol. The van der Waals surface area contributed by atoms with Crippen molar-refractivity contribution in [2.45, 2.75) is 20.8 Å². The van der Waals surface area contributed by atoms with Crippen molar-refractivity contribution >= 4 is 33.9 Å². The zero-order valence-electron chi connectivity index (χ0n) is 15.3. The smallest absolute Gasteiger partial charge is 0.323 e. The lowest BCUT2D eigenvalue weighted by molar-refractivity contribution is 0.0860. The first-order valence-electron chi connectivity index (χ1n) is 8.56. The number of aromatic nitrogens is 4. The fraction of sp³-hybridized carbons (Fsp3) is 0.200. The van der Waals surface area contributed by atoms with Crippen molar-refractivity contribution in [3.8, 4) is 11.3 Å². The number of carbonyl (C=O) groups is 2. The molecule has 7 nitrogen and oxygen atoms in total. The number of nitrogens with zero attached hydrogens (tertiary/aromatic N) is 3. The Morgan fingerprint density at radius 3 is 2.67 bits per heavy atom. The average molecular weight is 361 g/mol. The predicted molar refractivity (Wildman–Crippen MR) is 104 cm³/mol. The number of nitrogens with one attached hydrogen (secondary N) is 1. The Labute approximate surface area is 155 Å². The number of aromatic amines is 1. The molecule has 0 bridgehead atoms. The number of nitrogens with two attached hydrogens (primary N) is 1. The highest BCUT2D eigenvalue weighted by atomic mass is 16.2. The summed E-state index contributed by atoms with van der Waals surface area (Å²) in [6, 6.07) is 6.92. The van der Waals surface area contributed by atoms with Crippen molar-refractivity contribution in [3.63, 3.8) is 0 Å². The summed E-state index contributed by atoms with van der Waals surface area (Å²) in [6.07, 6.45) is 4.93. The summed E-state index contributed by atoms with van der Waals surface area (Å²) in [5.74, 6) is -0.00161. The first-order chi connectivity index (χ1) is 12.8. The van der Waals surface area contributed by atoms with Gasteiger partial charge in [-0.3, -0.25) is 9.36 Å². The number of amides is 1. The van der Waals surface area contributed by atoms with Gasteiger partial charge in [-0.2, -0.15) is 0 Å². The van der Waals surface area contributed by atoms with Crippen LogP contribution in [0.25, 0.3) is 33.3 Å². The fourth-order valence-corrected chi connectivity index (χ4v) is 3.09. The summed E-state index contributed by atoms with van der Waals surface area (Å²) >= 11 is 0. The standard InChI is InChI=1S/C20H19N5O2/c1-20(2,3)17(26)13-9-22-18-16(13)24-14(10-23-18)12-5-4-11-6-7-25(19(21)27)15(11)8-12/h4-10H,1-3H3,(H2,21,27)(H,22,23). The number of ketones is 1. The SMILES string of the molecule is CC(C)(C)C(=O)c1c[nH]c2ncc(-c3ccc4ccn(C(N)=O)c4c3)nc12. The molecular formula is C20H19N5O2. The molecule has 0 spiro atoms. The second-order valence-corrected chi connectivity index (χ2v) is 7.53. The topological polar surface area (TPSA) is 107 Å². The summed E-state index contributed by atoms with van der Waals surface area (Å²) in [4.78, 5) is 36.4. The Hall–Kier alpha value is -3.48. The lowest BCUT2D eigenvalue weighted by atomic mass is 9.87. The van der Waals surface area contributed by atoms with Crippen LogP contribution in [-0.2, 0) is 0 Å². The van der Waals surface area contributed by atoms with Crippen LogP contribution in [0.2, 0.25) is 0 Å². The van der Waals surface area contributed by atoms with Gasteiger partial charge in [-0.1, -0.05) is 32.9 Å².